The van der Waals surface area contributed by atoms with E-state index in [1.165, 1.54) is 0 Å². The zero-order valence-corrected chi connectivity index (χ0v) is 12.5. The summed E-state index contributed by atoms with van der Waals surface area (Å²) in [6.45, 7) is 4.54. The fourth-order valence-electron chi connectivity index (χ4n) is 2.48. The molecule has 1 fully saturated rings. The normalized spacial score (nSPS) is 22.2. The number of carbonyl (C=O) groups is 2. The van der Waals surface area contributed by atoms with Crippen LogP contribution in [0.15, 0.2) is 30.3 Å². The molecule has 1 aromatic carbocycles. The van der Waals surface area contributed by atoms with Crippen molar-refractivity contribution >= 4 is 11.8 Å². The summed E-state index contributed by atoms with van der Waals surface area (Å²) in [6, 6.07) is 9.83. The standard InChI is InChI=1S/C16H21NO4/c1-3-20-16(19)15-17(10-9-12(2)18)14(11-21-15)13-7-5-4-6-8-13/h4-8,14-15H,3,9-11H2,1-2H3. The molecule has 0 saturated carbocycles. The van der Waals surface area contributed by atoms with Gasteiger partial charge in [0.25, 0.3) is 0 Å². The van der Waals surface area contributed by atoms with Gasteiger partial charge in [0, 0.05) is 13.0 Å². The Kier molecular flexibility index (Phi) is 5.47. The second-order valence-corrected chi connectivity index (χ2v) is 5.05. The van der Waals surface area contributed by atoms with E-state index in [0.717, 1.165) is 5.56 Å². The summed E-state index contributed by atoms with van der Waals surface area (Å²) in [5, 5.41) is 0. The summed E-state index contributed by atoms with van der Waals surface area (Å²) in [5.41, 5.74) is 1.08. The van der Waals surface area contributed by atoms with Crippen molar-refractivity contribution in [3.63, 3.8) is 0 Å². The van der Waals surface area contributed by atoms with Crippen LogP contribution in [0.1, 0.15) is 31.9 Å². The van der Waals surface area contributed by atoms with Crippen LogP contribution in [0.5, 0.6) is 0 Å². The highest BCUT2D eigenvalue weighted by Gasteiger charge is 2.40. The lowest BCUT2D eigenvalue weighted by Gasteiger charge is -2.26. The van der Waals surface area contributed by atoms with E-state index in [1.807, 2.05) is 35.2 Å². The maximum absolute atomic E-state index is 12.0. The number of hydrogen-bond donors (Lipinski definition) is 0. The number of benzene rings is 1. The zero-order valence-electron chi connectivity index (χ0n) is 12.5. The van der Waals surface area contributed by atoms with Gasteiger partial charge in [-0.2, -0.15) is 0 Å². The fraction of sp³-hybridized carbons (Fsp3) is 0.500. The average molecular weight is 291 g/mol. The Morgan fingerprint density at radius 3 is 2.67 bits per heavy atom. The van der Waals surface area contributed by atoms with Crippen LogP contribution in [0.3, 0.4) is 0 Å². The SMILES string of the molecule is CCOC(=O)C1OCC(c2ccccc2)N1CCC(C)=O. The van der Waals surface area contributed by atoms with Crippen LogP contribution >= 0.6 is 0 Å². The molecule has 1 aliphatic rings. The third-order valence-corrected chi connectivity index (χ3v) is 3.51. The molecule has 1 aromatic rings. The molecule has 0 N–H and O–H groups in total. The molecule has 2 unspecified atom stereocenters. The predicted octanol–water partition coefficient (Wildman–Crippen LogP) is 1.93. The quantitative estimate of drug-likeness (QED) is 0.750. The van der Waals surface area contributed by atoms with Gasteiger partial charge in [0.1, 0.15) is 5.78 Å². The van der Waals surface area contributed by atoms with Crippen molar-refractivity contribution < 1.29 is 19.1 Å². The highest BCUT2D eigenvalue weighted by molar-refractivity contribution is 5.76. The van der Waals surface area contributed by atoms with E-state index in [2.05, 4.69) is 0 Å². The predicted molar refractivity (Wildman–Crippen MR) is 77.6 cm³/mol. The Morgan fingerprint density at radius 2 is 2.05 bits per heavy atom. The Labute approximate surface area is 124 Å². The van der Waals surface area contributed by atoms with E-state index in [9.17, 15) is 9.59 Å². The lowest BCUT2D eigenvalue weighted by molar-refractivity contribution is -0.161. The molecule has 0 spiro atoms. The van der Waals surface area contributed by atoms with E-state index < -0.39 is 6.23 Å². The minimum Gasteiger partial charge on any atom is -0.463 e. The van der Waals surface area contributed by atoms with Crippen LogP contribution in [0.4, 0.5) is 0 Å². The summed E-state index contributed by atoms with van der Waals surface area (Å²) in [6.07, 6.45) is -0.336. The molecule has 1 saturated heterocycles. The summed E-state index contributed by atoms with van der Waals surface area (Å²) in [4.78, 5) is 25.2. The van der Waals surface area contributed by atoms with Gasteiger partial charge >= 0.3 is 5.97 Å². The van der Waals surface area contributed by atoms with Gasteiger partial charge in [0.15, 0.2) is 0 Å². The molecule has 0 amide bonds. The monoisotopic (exact) mass is 291 g/mol. The molecule has 114 valence electrons. The fourth-order valence-corrected chi connectivity index (χ4v) is 2.48. The summed E-state index contributed by atoms with van der Waals surface area (Å²) < 4.78 is 10.7. The Hall–Kier alpha value is -1.72. The summed E-state index contributed by atoms with van der Waals surface area (Å²) in [5.74, 6) is -0.296. The third-order valence-electron chi connectivity index (χ3n) is 3.51. The highest BCUT2D eigenvalue weighted by atomic mass is 16.6. The number of hydrogen-bond acceptors (Lipinski definition) is 5. The third kappa shape index (κ3) is 3.89. The van der Waals surface area contributed by atoms with Crippen molar-refractivity contribution in [2.45, 2.75) is 32.5 Å². The van der Waals surface area contributed by atoms with Gasteiger partial charge in [-0.05, 0) is 19.4 Å². The van der Waals surface area contributed by atoms with E-state index in [4.69, 9.17) is 9.47 Å². The molecule has 2 atom stereocenters. The van der Waals surface area contributed by atoms with Crippen molar-refractivity contribution in [1.82, 2.24) is 4.90 Å². The van der Waals surface area contributed by atoms with Crippen molar-refractivity contribution in [2.24, 2.45) is 0 Å². The molecule has 1 heterocycles. The second-order valence-electron chi connectivity index (χ2n) is 5.05. The van der Waals surface area contributed by atoms with Gasteiger partial charge in [0.2, 0.25) is 6.23 Å². The Morgan fingerprint density at radius 1 is 1.33 bits per heavy atom. The van der Waals surface area contributed by atoms with Crippen LogP contribution in [0.2, 0.25) is 0 Å². The maximum atomic E-state index is 12.0. The zero-order chi connectivity index (χ0) is 15.2. The van der Waals surface area contributed by atoms with Crippen LogP contribution in [-0.4, -0.2) is 42.6 Å². The lowest BCUT2D eigenvalue weighted by Crippen LogP contribution is -2.40. The molecule has 0 bridgehead atoms. The molecule has 5 heteroatoms. The number of nitrogens with zero attached hydrogens (tertiary/aromatic N) is 1. The van der Waals surface area contributed by atoms with Crippen LogP contribution < -0.4 is 0 Å². The van der Waals surface area contributed by atoms with E-state index in [-0.39, 0.29) is 17.8 Å². The Balaban J connectivity index is 2.16. The highest BCUT2D eigenvalue weighted by Crippen LogP contribution is 2.30. The van der Waals surface area contributed by atoms with Gasteiger partial charge < -0.3 is 9.47 Å². The molecule has 1 aliphatic heterocycles. The van der Waals surface area contributed by atoms with Crippen molar-refractivity contribution in [2.75, 3.05) is 19.8 Å². The van der Waals surface area contributed by atoms with Crippen LogP contribution in [-0.2, 0) is 19.1 Å². The summed E-state index contributed by atoms with van der Waals surface area (Å²) >= 11 is 0. The number of carbonyl (C=O) groups excluding carboxylic acids is 2. The van der Waals surface area contributed by atoms with Crippen molar-refractivity contribution in [1.29, 1.82) is 0 Å². The number of ether oxygens (including phenoxy) is 2. The number of rotatable bonds is 6. The number of Topliss-reactive ketones (excluding diaryl/α,β-unsaturated/α-hetero) is 1. The molecule has 21 heavy (non-hydrogen) atoms. The van der Waals surface area contributed by atoms with Crippen molar-refractivity contribution in [3.05, 3.63) is 35.9 Å². The van der Waals surface area contributed by atoms with Gasteiger partial charge in [0.05, 0.1) is 19.3 Å². The molecular weight excluding hydrogens is 270 g/mol. The molecule has 2 rings (SSSR count). The second kappa shape index (κ2) is 7.33. The molecule has 5 nitrogen and oxygen atoms in total. The molecular formula is C16H21NO4. The minimum atomic E-state index is -0.727. The first-order chi connectivity index (χ1) is 10.1. The maximum Gasteiger partial charge on any atom is 0.350 e. The largest absolute Gasteiger partial charge is 0.463 e. The van der Waals surface area contributed by atoms with Crippen LogP contribution in [0.25, 0.3) is 0 Å². The minimum absolute atomic E-state index is 0.0278. The van der Waals surface area contributed by atoms with Crippen LogP contribution in [0, 0.1) is 0 Å². The van der Waals surface area contributed by atoms with Gasteiger partial charge in [-0.1, -0.05) is 30.3 Å². The molecule has 0 aromatic heterocycles. The first-order valence-electron chi connectivity index (χ1n) is 7.21. The van der Waals surface area contributed by atoms with E-state index in [1.54, 1.807) is 13.8 Å². The summed E-state index contributed by atoms with van der Waals surface area (Å²) in [7, 11) is 0. The molecule has 0 aliphatic carbocycles. The number of ketones is 1. The van der Waals surface area contributed by atoms with Gasteiger partial charge in [-0.15, -0.1) is 0 Å². The topological polar surface area (TPSA) is 55.8 Å². The average Bonchev–Trinajstić information content (AvgIpc) is 2.90. The lowest BCUT2D eigenvalue weighted by atomic mass is 10.1. The van der Waals surface area contributed by atoms with Gasteiger partial charge in [-0.3, -0.25) is 9.69 Å². The Bertz CT molecular complexity index is 488. The van der Waals surface area contributed by atoms with E-state index >= 15 is 0 Å². The number of esters is 1. The first kappa shape index (κ1) is 15.7. The van der Waals surface area contributed by atoms with Crippen molar-refractivity contribution in [3.8, 4) is 0 Å². The smallest absolute Gasteiger partial charge is 0.350 e. The van der Waals surface area contributed by atoms with E-state index in [0.29, 0.717) is 26.2 Å². The first-order valence-corrected chi connectivity index (χ1v) is 7.21. The van der Waals surface area contributed by atoms with Gasteiger partial charge in [-0.25, -0.2) is 4.79 Å². The molecule has 0 radical (unpaired) electrons.